The normalized spacial score (nSPS) is 15.2. The van der Waals surface area contributed by atoms with Crippen molar-refractivity contribution in [2.75, 3.05) is 11.9 Å². The van der Waals surface area contributed by atoms with E-state index in [4.69, 9.17) is 4.74 Å². The fraction of sp³-hybridized carbons (Fsp3) is 0.484. The van der Waals surface area contributed by atoms with Gasteiger partial charge in [-0.05, 0) is 70.2 Å². The predicted molar refractivity (Wildman–Crippen MR) is 172 cm³/mol. The molecule has 0 aliphatic heterocycles. The Kier molecular flexibility index (Phi) is 11.9. The van der Waals surface area contributed by atoms with Crippen LogP contribution in [0, 0.1) is 5.92 Å². The number of pyridine rings is 2. The Bertz CT molecular complexity index is 1590. The van der Waals surface area contributed by atoms with Crippen LogP contribution in [0.15, 0.2) is 36.0 Å². The molecule has 13 nitrogen and oxygen atoms in total. The minimum atomic E-state index is -4.66. The Hall–Kier alpha value is -4.35. The van der Waals surface area contributed by atoms with Gasteiger partial charge in [-0.1, -0.05) is 19.3 Å². The molecule has 0 radical (unpaired) electrons. The number of thiazole rings is 1. The molecule has 260 valence electrons. The average Bonchev–Trinajstić information content (AvgIpc) is 3.53. The molecule has 1 fully saturated rings. The number of aliphatic hydroxyl groups excluding tert-OH is 1. The van der Waals surface area contributed by atoms with Crippen molar-refractivity contribution < 1.29 is 37.4 Å². The summed E-state index contributed by atoms with van der Waals surface area (Å²) in [6.07, 6.45) is 0.152. The zero-order chi connectivity index (χ0) is 35.1. The molecule has 0 aromatic carbocycles. The van der Waals surface area contributed by atoms with Gasteiger partial charge in [-0.25, -0.2) is 25.0 Å². The number of aliphatic hydroxyl groups is 1. The number of ether oxygens (including phenoxy) is 1. The van der Waals surface area contributed by atoms with E-state index in [1.165, 1.54) is 24.5 Å². The number of carbonyl (C=O) groups is 3. The Morgan fingerprint density at radius 1 is 1.08 bits per heavy atom. The molecule has 4 rings (SSSR count). The zero-order valence-electron chi connectivity index (χ0n) is 26.9. The molecule has 0 saturated heterocycles. The van der Waals surface area contributed by atoms with Crippen molar-refractivity contribution in [2.24, 2.45) is 5.92 Å². The molecule has 1 saturated carbocycles. The molecule has 3 heterocycles. The quantitative estimate of drug-likeness (QED) is 0.118. The lowest BCUT2D eigenvalue weighted by Crippen LogP contribution is -2.55. The molecule has 6 N–H and O–H groups in total. The second-order valence-electron chi connectivity index (χ2n) is 12.2. The largest absolute Gasteiger partial charge is 0.444 e. The Morgan fingerprint density at radius 2 is 1.81 bits per heavy atom. The number of rotatable bonds is 10. The molecule has 3 aromatic heterocycles. The second-order valence-corrected chi connectivity index (χ2v) is 13.0. The molecule has 48 heavy (non-hydrogen) atoms. The van der Waals surface area contributed by atoms with E-state index in [9.17, 15) is 32.7 Å². The van der Waals surface area contributed by atoms with E-state index in [1.807, 2.05) is 0 Å². The summed E-state index contributed by atoms with van der Waals surface area (Å²) in [7, 11) is 0. The number of hydrazine groups is 1. The van der Waals surface area contributed by atoms with E-state index in [2.05, 4.69) is 41.8 Å². The van der Waals surface area contributed by atoms with Gasteiger partial charge in [0.25, 0.3) is 5.91 Å². The van der Waals surface area contributed by atoms with Gasteiger partial charge in [0.05, 0.1) is 5.69 Å². The SMILES string of the molecule is CCNC(=O)Nc1cc(-c2nc(C(F)(F)F)cs2)c(-c2ccnc(C(O)NNC(=O)[C@@H](NC(=O)OC(C)(C)C)C3CCCCC3)c2)cn1. The third-order valence-electron chi connectivity index (χ3n) is 7.29. The molecule has 0 spiro atoms. The zero-order valence-corrected chi connectivity index (χ0v) is 27.7. The lowest BCUT2D eigenvalue weighted by Gasteiger charge is -2.31. The lowest BCUT2D eigenvalue weighted by molar-refractivity contribution is -0.140. The standard InChI is InChI=1S/C31H39F3N8O5S/c1-5-35-28(45)39-23-14-19(27-38-22(16-48-27)31(32,33)34)20(15-37-23)18-11-12-36-21(13-18)25(43)41-42-26(44)24(17-9-7-6-8-10-17)40-29(46)47-30(2,3)4/h11-17,24-25,41,43H,5-10H2,1-4H3,(H,40,46)(H,42,44)(H2,35,37,39,45)/t24-,25?/m0/s1. The molecule has 17 heteroatoms. The molecule has 2 atom stereocenters. The minimum Gasteiger partial charge on any atom is -0.444 e. The van der Waals surface area contributed by atoms with E-state index >= 15 is 0 Å². The number of anilines is 1. The van der Waals surface area contributed by atoms with Crippen molar-refractivity contribution >= 4 is 35.2 Å². The number of alkyl halides is 3. The van der Waals surface area contributed by atoms with Crippen LogP contribution in [0.5, 0.6) is 0 Å². The van der Waals surface area contributed by atoms with Crippen LogP contribution in [0.3, 0.4) is 0 Å². The van der Waals surface area contributed by atoms with Gasteiger partial charge < -0.3 is 20.5 Å². The number of amides is 4. The summed E-state index contributed by atoms with van der Waals surface area (Å²) < 4.78 is 45.6. The maximum atomic E-state index is 13.4. The number of alkyl carbamates (subject to hydrolysis) is 1. The predicted octanol–water partition coefficient (Wildman–Crippen LogP) is 5.51. The molecular weight excluding hydrogens is 653 g/mol. The molecule has 1 aliphatic carbocycles. The van der Waals surface area contributed by atoms with Gasteiger partial charge in [0.15, 0.2) is 11.9 Å². The van der Waals surface area contributed by atoms with Gasteiger partial charge in [-0.15, -0.1) is 11.3 Å². The first-order chi connectivity index (χ1) is 22.6. The van der Waals surface area contributed by atoms with Crippen LogP contribution in [-0.2, 0) is 15.7 Å². The lowest BCUT2D eigenvalue weighted by atomic mass is 9.83. The van der Waals surface area contributed by atoms with Crippen molar-refractivity contribution in [1.29, 1.82) is 0 Å². The second kappa shape index (κ2) is 15.7. The fourth-order valence-electron chi connectivity index (χ4n) is 5.14. The topological polar surface area (TPSA) is 179 Å². The summed E-state index contributed by atoms with van der Waals surface area (Å²) in [5.74, 6) is -0.629. The van der Waals surface area contributed by atoms with Crippen LogP contribution < -0.4 is 26.8 Å². The van der Waals surface area contributed by atoms with Gasteiger partial charge >= 0.3 is 18.3 Å². The van der Waals surface area contributed by atoms with Crippen LogP contribution in [0.25, 0.3) is 21.7 Å². The van der Waals surface area contributed by atoms with E-state index in [-0.39, 0.29) is 28.0 Å². The number of carbonyl (C=O) groups excluding carboxylic acids is 3. The summed E-state index contributed by atoms with van der Waals surface area (Å²) in [5, 5.41) is 19.6. The van der Waals surface area contributed by atoms with Crippen LogP contribution in [-0.4, -0.2) is 56.3 Å². The van der Waals surface area contributed by atoms with Crippen LogP contribution in [0.1, 0.15) is 77.4 Å². The summed E-state index contributed by atoms with van der Waals surface area (Å²) in [6.45, 7) is 7.22. The van der Waals surface area contributed by atoms with E-state index in [0.717, 1.165) is 48.8 Å². The van der Waals surface area contributed by atoms with Crippen molar-refractivity contribution in [1.82, 2.24) is 36.4 Å². The Labute approximate surface area is 279 Å². The molecule has 1 aliphatic rings. The van der Waals surface area contributed by atoms with Crippen LogP contribution in [0.2, 0.25) is 0 Å². The van der Waals surface area contributed by atoms with Crippen molar-refractivity contribution in [3.8, 4) is 21.7 Å². The molecule has 0 bridgehead atoms. The third kappa shape index (κ3) is 10.1. The Balaban J connectivity index is 1.56. The number of urea groups is 1. The van der Waals surface area contributed by atoms with E-state index in [0.29, 0.717) is 17.7 Å². The van der Waals surface area contributed by atoms with Crippen LogP contribution in [0.4, 0.5) is 28.6 Å². The van der Waals surface area contributed by atoms with Crippen molar-refractivity contribution in [3.05, 3.63) is 47.4 Å². The first kappa shape index (κ1) is 36.5. The average molecular weight is 693 g/mol. The monoisotopic (exact) mass is 692 g/mol. The summed E-state index contributed by atoms with van der Waals surface area (Å²) in [4.78, 5) is 50.1. The fourth-order valence-corrected chi connectivity index (χ4v) is 5.99. The third-order valence-corrected chi connectivity index (χ3v) is 8.16. The van der Waals surface area contributed by atoms with Gasteiger partial charge in [-0.2, -0.15) is 13.2 Å². The van der Waals surface area contributed by atoms with E-state index in [1.54, 1.807) is 33.8 Å². The van der Waals surface area contributed by atoms with Crippen molar-refractivity contribution in [2.45, 2.75) is 83.8 Å². The van der Waals surface area contributed by atoms with Gasteiger partial charge in [0.2, 0.25) is 0 Å². The molecule has 1 unspecified atom stereocenters. The highest BCUT2D eigenvalue weighted by molar-refractivity contribution is 7.13. The first-order valence-corrected chi connectivity index (χ1v) is 16.3. The van der Waals surface area contributed by atoms with Crippen molar-refractivity contribution in [3.63, 3.8) is 0 Å². The highest BCUT2D eigenvalue weighted by atomic mass is 32.1. The van der Waals surface area contributed by atoms with Gasteiger partial charge in [0, 0.05) is 35.4 Å². The van der Waals surface area contributed by atoms with Gasteiger partial charge in [0.1, 0.15) is 22.5 Å². The number of nitrogens with one attached hydrogen (secondary N) is 5. The summed E-state index contributed by atoms with van der Waals surface area (Å²) >= 11 is 0.768. The number of hydrogen-bond acceptors (Lipinski definition) is 10. The highest BCUT2D eigenvalue weighted by Crippen LogP contribution is 2.38. The molecular formula is C31H39F3N8O5S. The first-order valence-electron chi connectivity index (χ1n) is 15.4. The summed E-state index contributed by atoms with van der Waals surface area (Å²) in [6, 6.07) is 2.97. The maximum Gasteiger partial charge on any atom is 0.434 e. The smallest absolute Gasteiger partial charge is 0.434 e. The van der Waals surface area contributed by atoms with E-state index < -0.39 is 47.8 Å². The van der Waals surface area contributed by atoms with Crippen LogP contribution >= 0.6 is 11.3 Å². The molecule has 4 amide bonds. The minimum absolute atomic E-state index is 0.0224. The number of hydrogen-bond donors (Lipinski definition) is 6. The van der Waals surface area contributed by atoms with Gasteiger partial charge in [-0.3, -0.25) is 20.5 Å². The number of nitrogens with zero attached hydrogens (tertiary/aromatic N) is 3. The number of aromatic nitrogens is 3. The summed E-state index contributed by atoms with van der Waals surface area (Å²) in [5.41, 5.74) is 4.23. The molecule has 3 aromatic rings. The number of halogens is 3. The Morgan fingerprint density at radius 3 is 2.46 bits per heavy atom. The maximum absolute atomic E-state index is 13.4. The highest BCUT2D eigenvalue weighted by Gasteiger charge is 2.35.